The summed E-state index contributed by atoms with van der Waals surface area (Å²) in [6, 6.07) is 10.4. The smallest absolute Gasteiger partial charge is 0.335 e. The highest BCUT2D eigenvalue weighted by Crippen LogP contribution is 2.19. The highest BCUT2D eigenvalue weighted by molar-refractivity contribution is 5.88. The fourth-order valence-electron chi connectivity index (χ4n) is 2.11. The second kappa shape index (κ2) is 5.74. The molecule has 0 fully saturated rings. The Morgan fingerprint density at radius 3 is 2.40 bits per heavy atom. The van der Waals surface area contributed by atoms with Crippen LogP contribution in [-0.4, -0.2) is 16.1 Å². The first kappa shape index (κ1) is 14.1. The number of rotatable bonds is 4. The minimum Gasteiger partial charge on any atom is -0.478 e. The van der Waals surface area contributed by atoms with Gasteiger partial charge in [-0.05, 0) is 29.5 Å². The van der Waals surface area contributed by atoms with Crippen LogP contribution in [0.25, 0.3) is 11.3 Å². The summed E-state index contributed by atoms with van der Waals surface area (Å²) in [4.78, 5) is 25.1. The number of carboxylic acid groups (broad SMARTS) is 1. The molecule has 0 aliphatic heterocycles. The first-order valence-corrected chi connectivity index (χ1v) is 6.52. The molecule has 0 aliphatic rings. The van der Waals surface area contributed by atoms with Crippen molar-refractivity contribution in [2.24, 2.45) is 5.92 Å². The van der Waals surface area contributed by atoms with Crippen LogP contribution in [0.2, 0.25) is 0 Å². The molecule has 0 bridgehead atoms. The van der Waals surface area contributed by atoms with Gasteiger partial charge in [-0.15, -0.1) is 0 Å². The van der Waals surface area contributed by atoms with E-state index in [4.69, 9.17) is 5.11 Å². The molecule has 1 heterocycles. The Morgan fingerprint density at radius 2 is 1.85 bits per heavy atom. The summed E-state index contributed by atoms with van der Waals surface area (Å²) in [6.07, 6.45) is 0.992. The van der Waals surface area contributed by atoms with Crippen LogP contribution in [0, 0.1) is 5.92 Å². The molecule has 0 amide bonds. The molecule has 1 aromatic carbocycles. The van der Waals surface area contributed by atoms with E-state index in [0.29, 0.717) is 11.6 Å². The van der Waals surface area contributed by atoms with E-state index in [0.717, 1.165) is 18.1 Å². The quantitative estimate of drug-likeness (QED) is 0.898. The molecule has 2 rings (SSSR count). The van der Waals surface area contributed by atoms with Crippen molar-refractivity contribution in [2.75, 3.05) is 0 Å². The van der Waals surface area contributed by atoms with E-state index in [9.17, 15) is 9.59 Å². The first-order chi connectivity index (χ1) is 9.45. The van der Waals surface area contributed by atoms with Crippen LogP contribution < -0.4 is 5.56 Å². The van der Waals surface area contributed by atoms with Gasteiger partial charge >= 0.3 is 5.97 Å². The van der Waals surface area contributed by atoms with Crippen molar-refractivity contribution in [2.45, 2.75) is 20.3 Å². The van der Waals surface area contributed by atoms with Crippen molar-refractivity contribution in [3.8, 4) is 11.3 Å². The van der Waals surface area contributed by atoms with E-state index in [-0.39, 0.29) is 5.56 Å². The zero-order valence-corrected chi connectivity index (χ0v) is 11.5. The number of aromatic carboxylic acids is 1. The van der Waals surface area contributed by atoms with Crippen molar-refractivity contribution in [3.05, 3.63) is 57.9 Å². The molecule has 0 spiro atoms. The van der Waals surface area contributed by atoms with Crippen LogP contribution in [0.3, 0.4) is 0 Å². The molecule has 4 heteroatoms. The average Bonchev–Trinajstić information content (AvgIpc) is 2.38. The third-order valence-corrected chi connectivity index (χ3v) is 3.00. The molecule has 1 aromatic heterocycles. The Labute approximate surface area is 117 Å². The van der Waals surface area contributed by atoms with Crippen LogP contribution in [0.15, 0.2) is 41.2 Å². The molecule has 0 saturated heterocycles. The highest BCUT2D eigenvalue weighted by Gasteiger charge is 2.07. The van der Waals surface area contributed by atoms with E-state index in [1.807, 2.05) is 24.3 Å². The van der Waals surface area contributed by atoms with E-state index < -0.39 is 11.5 Å². The zero-order chi connectivity index (χ0) is 14.7. The SMILES string of the molecule is CC(C)Cc1ccc(-c2cc(C(=O)O)cc(=O)[nH]2)cc1. The maximum absolute atomic E-state index is 11.5. The number of H-pyrrole nitrogens is 1. The number of hydrogen-bond acceptors (Lipinski definition) is 2. The number of pyridine rings is 1. The lowest BCUT2D eigenvalue weighted by atomic mass is 10.0. The number of carboxylic acids is 1. The molecular formula is C16H17NO3. The van der Waals surface area contributed by atoms with E-state index in [2.05, 4.69) is 18.8 Å². The van der Waals surface area contributed by atoms with Gasteiger partial charge in [-0.1, -0.05) is 38.1 Å². The van der Waals surface area contributed by atoms with Crippen LogP contribution in [-0.2, 0) is 6.42 Å². The second-order valence-corrected chi connectivity index (χ2v) is 5.25. The lowest BCUT2D eigenvalue weighted by Gasteiger charge is -2.07. The van der Waals surface area contributed by atoms with Crippen molar-refractivity contribution in [1.29, 1.82) is 0 Å². The van der Waals surface area contributed by atoms with Gasteiger partial charge in [0.05, 0.1) is 5.56 Å². The number of hydrogen-bond donors (Lipinski definition) is 2. The molecule has 0 atom stereocenters. The number of aromatic nitrogens is 1. The minimum atomic E-state index is -1.10. The van der Waals surface area contributed by atoms with E-state index in [1.165, 1.54) is 11.6 Å². The summed E-state index contributed by atoms with van der Waals surface area (Å²) in [7, 11) is 0. The number of nitrogens with one attached hydrogen (secondary N) is 1. The molecular weight excluding hydrogens is 254 g/mol. The average molecular weight is 271 g/mol. The van der Waals surface area contributed by atoms with Gasteiger partial charge in [0.15, 0.2) is 0 Å². The van der Waals surface area contributed by atoms with Crippen molar-refractivity contribution >= 4 is 5.97 Å². The Balaban J connectivity index is 2.36. The second-order valence-electron chi connectivity index (χ2n) is 5.25. The van der Waals surface area contributed by atoms with Crippen LogP contribution in [0.1, 0.15) is 29.8 Å². The lowest BCUT2D eigenvalue weighted by Crippen LogP contribution is -2.10. The summed E-state index contributed by atoms with van der Waals surface area (Å²) in [6.45, 7) is 4.31. The Bertz CT molecular complexity index is 669. The molecule has 2 aromatic rings. The predicted molar refractivity (Wildman–Crippen MR) is 78.0 cm³/mol. The maximum atomic E-state index is 11.5. The number of aromatic amines is 1. The third-order valence-electron chi connectivity index (χ3n) is 3.00. The highest BCUT2D eigenvalue weighted by atomic mass is 16.4. The lowest BCUT2D eigenvalue weighted by molar-refractivity contribution is 0.0696. The fraction of sp³-hybridized carbons (Fsp3) is 0.250. The zero-order valence-electron chi connectivity index (χ0n) is 11.5. The summed E-state index contributed by atoms with van der Waals surface area (Å²) >= 11 is 0. The van der Waals surface area contributed by atoms with Crippen LogP contribution >= 0.6 is 0 Å². The van der Waals surface area contributed by atoms with Gasteiger partial charge in [-0.2, -0.15) is 0 Å². The molecule has 2 N–H and O–H groups in total. The molecule has 0 aliphatic carbocycles. The van der Waals surface area contributed by atoms with Gasteiger partial charge in [-0.25, -0.2) is 4.79 Å². The predicted octanol–water partition coefficient (Wildman–Crippen LogP) is 2.94. The van der Waals surface area contributed by atoms with Crippen LogP contribution in [0.4, 0.5) is 0 Å². The molecule has 4 nitrogen and oxygen atoms in total. The van der Waals surface area contributed by atoms with Gasteiger partial charge in [0.1, 0.15) is 0 Å². The molecule has 0 unspecified atom stereocenters. The largest absolute Gasteiger partial charge is 0.478 e. The molecule has 20 heavy (non-hydrogen) atoms. The minimum absolute atomic E-state index is 0.00462. The van der Waals surface area contributed by atoms with Crippen molar-refractivity contribution < 1.29 is 9.90 Å². The summed E-state index contributed by atoms with van der Waals surface area (Å²) in [5.74, 6) is -0.523. The Hall–Kier alpha value is -2.36. The van der Waals surface area contributed by atoms with Crippen molar-refractivity contribution in [3.63, 3.8) is 0 Å². The molecule has 0 saturated carbocycles. The van der Waals surface area contributed by atoms with Gasteiger partial charge in [0, 0.05) is 11.8 Å². The van der Waals surface area contributed by atoms with Gasteiger partial charge in [-0.3, -0.25) is 4.79 Å². The maximum Gasteiger partial charge on any atom is 0.335 e. The normalized spacial score (nSPS) is 10.8. The van der Waals surface area contributed by atoms with E-state index in [1.54, 1.807) is 0 Å². The van der Waals surface area contributed by atoms with Crippen LogP contribution in [0.5, 0.6) is 0 Å². The third kappa shape index (κ3) is 3.35. The Kier molecular flexibility index (Phi) is 4.03. The van der Waals surface area contributed by atoms with Gasteiger partial charge in [0.25, 0.3) is 0 Å². The van der Waals surface area contributed by atoms with Gasteiger partial charge < -0.3 is 10.1 Å². The fourth-order valence-corrected chi connectivity index (χ4v) is 2.11. The monoisotopic (exact) mass is 271 g/mol. The number of benzene rings is 1. The van der Waals surface area contributed by atoms with Crippen molar-refractivity contribution in [1.82, 2.24) is 4.98 Å². The number of carbonyl (C=O) groups is 1. The topological polar surface area (TPSA) is 70.2 Å². The molecule has 0 radical (unpaired) electrons. The first-order valence-electron chi connectivity index (χ1n) is 6.52. The van der Waals surface area contributed by atoms with Gasteiger partial charge in [0.2, 0.25) is 5.56 Å². The summed E-state index contributed by atoms with van der Waals surface area (Å²) in [5, 5.41) is 8.97. The standard InChI is InChI=1S/C16H17NO3/c1-10(2)7-11-3-5-12(6-4-11)14-8-13(16(19)20)9-15(18)17-14/h3-6,8-10H,7H2,1-2H3,(H,17,18)(H,19,20). The van der Waals surface area contributed by atoms with E-state index >= 15 is 0 Å². The summed E-state index contributed by atoms with van der Waals surface area (Å²) in [5.41, 5.74) is 2.13. The summed E-state index contributed by atoms with van der Waals surface area (Å²) < 4.78 is 0. The Morgan fingerprint density at radius 1 is 1.20 bits per heavy atom. The molecule has 104 valence electrons.